The van der Waals surface area contributed by atoms with Gasteiger partial charge in [-0.15, -0.1) is 0 Å². The first-order valence-corrected chi connectivity index (χ1v) is 11.4. The van der Waals surface area contributed by atoms with Crippen LogP contribution in [0.1, 0.15) is 37.3 Å². The number of hydrogen-bond donors (Lipinski definition) is 2. The minimum Gasteiger partial charge on any atom is -0.496 e. The first-order valence-electron chi connectivity index (χ1n) is 9.77. The number of nitrogens with one attached hydrogen (secondary N) is 2. The summed E-state index contributed by atoms with van der Waals surface area (Å²) in [6.45, 7) is 2.38. The first-order chi connectivity index (χ1) is 14.5. The number of aromatic nitrogens is 1. The zero-order valence-electron chi connectivity index (χ0n) is 17.0. The molecule has 0 saturated heterocycles. The van der Waals surface area contributed by atoms with Crippen molar-refractivity contribution in [2.24, 2.45) is 0 Å². The fourth-order valence-electron chi connectivity index (χ4n) is 3.01. The van der Waals surface area contributed by atoms with E-state index in [-0.39, 0.29) is 11.8 Å². The zero-order chi connectivity index (χ0) is 21.5. The average molecular weight is 490 g/mol. The number of rotatable bonds is 9. The Morgan fingerprint density at radius 1 is 1.13 bits per heavy atom. The van der Waals surface area contributed by atoms with E-state index in [2.05, 4.69) is 31.5 Å². The Morgan fingerprint density at radius 2 is 1.97 bits per heavy atom. The van der Waals surface area contributed by atoms with Crippen molar-refractivity contribution in [1.29, 1.82) is 0 Å². The highest BCUT2D eigenvalue weighted by Crippen LogP contribution is 2.27. The Morgan fingerprint density at radius 3 is 2.73 bits per heavy atom. The molecule has 0 bridgehead atoms. The third kappa shape index (κ3) is 6.03. The van der Waals surface area contributed by atoms with Crippen molar-refractivity contribution in [3.05, 3.63) is 52.0 Å². The number of methoxy groups -OCH3 is 1. The fraction of sp³-hybridized carbons (Fsp3) is 0.318. The zero-order valence-corrected chi connectivity index (χ0v) is 19.4. The first kappa shape index (κ1) is 22.2. The van der Waals surface area contributed by atoms with Crippen molar-refractivity contribution < 1.29 is 14.3 Å². The van der Waals surface area contributed by atoms with Gasteiger partial charge in [-0.2, -0.15) is 0 Å². The number of ether oxygens (including phenoxy) is 1. The molecule has 6 nitrogen and oxygen atoms in total. The van der Waals surface area contributed by atoms with Crippen LogP contribution in [0.25, 0.3) is 10.2 Å². The van der Waals surface area contributed by atoms with Gasteiger partial charge in [0.05, 0.1) is 17.3 Å². The van der Waals surface area contributed by atoms with Gasteiger partial charge < -0.3 is 15.4 Å². The van der Waals surface area contributed by atoms with Crippen molar-refractivity contribution in [1.82, 2.24) is 10.3 Å². The van der Waals surface area contributed by atoms with E-state index in [1.807, 2.05) is 43.3 Å². The predicted octanol–water partition coefficient (Wildman–Crippen LogP) is 5.06. The molecule has 0 aliphatic heterocycles. The molecule has 0 atom stereocenters. The smallest absolute Gasteiger partial charge is 0.226 e. The van der Waals surface area contributed by atoms with Crippen LogP contribution in [0.2, 0.25) is 0 Å². The second-order valence-electron chi connectivity index (χ2n) is 6.85. The minimum atomic E-state index is -0.0195. The molecular weight excluding hydrogens is 466 g/mol. The number of nitrogens with zero attached hydrogens (tertiary/aromatic N) is 1. The fourth-order valence-corrected chi connectivity index (χ4v) is 4.37. The molecule has 2 aromatic carbocycles. The number of aryl methyl sites for hydroxylation is 1. The van der Waals surface area contributed by atoms with Gasteiger partial charge in [-0.25, -0.2) is 4.98 Å². The summed E-state index contributed by atoms with van der Waals surface area (Å²) in [5.41, 5.74) is 2.83. The average Bonchev–Trinajstić information content (AvgIpc) is 3.12. The Kier molecular flexibility index (Phi) is 7.81. The monoisotopic (exact) mass is 489 g/mol. The van der Waals surface area contributed by atoms with Gasteiger partial charge in [0.1, 0.15) is 5.75 Å². The minimum absolute atomic E-state index is 0.0180. The summed E-state index contributed by atoms with van der Waals surface area (Å²) in [5.74, 6) is 0.709. The van der Waals surface area contributed by atoms with Crippen molar-refractivity contribution in [3.8, 4) is 5.75 Å². The van der Waals surface area contributed by atoms with E-state index < -0.39 is 0 Å². The van der Waals surface area contributed by atoms with Gasteiger partial charge >= 0.3 is 0 Å². The maximum atomic E-state index is 12.3. The summed E-state index contributed by atoms with van der Waals surface area (Å²) in [5, 5.41) is 6.40. The molecule has 1 heterocycles. The Hall–Kier alpha value is -2.45. The third-order valence-electron chi connectivity index (χ3n) is 4.54. The molecule has 3 rings (SSSR count). The number of hydrogen-bond acceptors (Lipinski definition) is 5. The molecule has 1 aromatic heterocycles. The number of amides is 2. The highest BCUT2D eigenvalue weighted by Gasteiger charge is 2.10. The van der Waals surface area contributed by atoms with Crippen LogP contribution in [0.4, 0.5) is 5.13 Å². The highest BCUT2D eigenvalue weighted by molar-refractivity contribution is 9.10. The van der Waals surface area contributed by atoms with Crippen molar-refractivity contribution in [3.63, 3.8) is 0 Å². The second kappa shape index (κ2) is 10.5. The van der Waals surface area contributed by atoms with Gasteiger partial charge in [0.25, 0.3) is 0 Å². The number of halogens is 1. The highest BCUT2D eigenvalue weighted by atomic mass is 79.9. The van der Waals surface area contributed by atoms with Crippen LogP contribution in [-0.4, -0.2) is 23.9 Å². The normalized spacial score (nSPS) is 10.8. The lowest BCUT2D eigenvalue weighted by Gasteiger charge is -2.10. The van der Waals surface area contributed by atoms with Crippen LogP contribution < -0.4 is 15.4 Å². The molecule has 30 heavy (non-hydrogen) atoms. The van der Waals surface area contributed by atoms with Gasteiger partial charge in [-0.3, -0.25) is 9.59 Å². The molecule has 158 valence electrons. The number of benzene rings is 2. The summed E-state index contributed by atoms with van der Waals surface area (Å²) in [6.07, 6.45) is 2.31. The van der Waals surface area contributed by atoms with E-state index in [0.717, 1.165) is 38.0 Å². The number of carbonyl (C=O) groups is 2. The number of fused-ring (bicyclic) bond motifs is 1. The Bertz CT molecular complexity index is 1050. The third-order valence-corrected chi connectivity index (χ3v) is 5.96. The largest absolute Gasteiger partial charge is 0.496 e. The van der Waals surface area contributed by atoms with Gasteiger partial charge in [-0.05, 0) is 48.7 Å². The van der Waals surface area contributed by atoms with E-state index in [1.54, 1.807) is 7.11 Å². The van der Waals surface area contributed by atoms with E-state index in [9.17, 15) is 9.59 Å². The van der Waals surface area contributed by atoms with E-state index in [0.29, 0.717) is 30.9 Å². The Balaban J connectivity index is 1.55. The lowest BCUT2D eigenvalue weighted by molar-refractivity contribution is -0.121. The molecule has 3 aromatic rings. The lowest BCUT2D eigenvalue weighted by Crippen LogP contribution is -2.23. The molecule has 0 radical (unpaired) electrons. The predicted molar refractivity (Wildman–Crippen MR) is 124 cm³/mol. The summed E-state index contributed by atoms with van der Waals surface area (Å²) < 4.78 is 7.28. The van der Waals surface area contributed by atoms with Crippen molar-refractivity contribution in [2.75, 3.05) is 12.4 Å². The number of anilines is 1. The van der Waals surface area contributed by atoms with Crippen LogP contribution in [0.15, 0.2) is 40.9 Å². The molecule has 8 heteroatoms. The van der Waals surface area contributed by atoms with Crippen LogP contribution in [-0.2, 0) is 22.6 Å². The Labute approximate surface area is 188 Å². The van der Waals surface area contributed by atoms with E-state index in [4.69, 9.17) is 4.74 Å². The quantitative estimate of drug-likeness (QED) is 0.440. The molecule has 0 saturated carbocycles. The van der Waals surface area contributed by atoms with Crippen molar-refractivity contribution >= 4 is 54.4 Å². The summed E-state index contributed by atoms with van der Waals surface area (Å²) in [7, 11) is 1.62. The van der Waals surface area contributed by atoms with E-state index in [1.165, 1.54) is 11.3 Å². The molecule has 2 amide bonds. The van der Waals surface area contributed by atoms with Gasteiger partial charge in [0.2, 0.25) is 11.8 Å². The standard InChI is InChI=1S/C22H24BrN3O3S/c1-3-4-21(28)26-22-25-17-8-5-14(11-19(17)30-22)6-10-20(27)24-13-15-12-16(23)7-9-18(15)29-2/h5,7-9,11-12H,3-4,6,10,13H2,1-2H3,(H,24,27)(H,25,26,28). The number of thiazole rings is 1. The van der Waals surface area contributed by atoms with Gasteiger partial charge in [0.15, 0.2) is 5.13 Å². The molecule has 0 aliphatic carbocycles. The molecular formula is C22H24BrN3O3S. The molecule has 2 N–H and O–H groups in total. The van der Waals surface area contributed by atoms with Crippen LogP contribution in [0.3, 0.4) is 0 Å². The number of carbonyl (C=O) groups excluding carboxylic acids is 2. The SMILES string of the molecule is CCCC(=O)Nc1nc2ccc(CCC(=O)NCc3cc(Br)ccc3OC)cc2s1. The summed E-state index contributed by atoms with van der Waals surface area (Å²) in [4.78, 5) is 28.5. The molecule has 0 spiro atoms. The van der Waals surface area contributed by atoms with Crippen LogP contribution in [0.5, 0.6) is 5.75 Å². The molecule has 0 aliphatic rings. The maximum absolute atomic E-state index is 12.3. The maximum Gasteiger partial charge on any atom is 0.226 e. The van der Waals surface area contributed by atoms with E-state index >= 15 is 0 Å². The topological polar surface area (TPSA) is 80.3 Å². The second-order valence-corrected chi connectivity index (χ2v) is 8.80. The molecule has 0 fully saturated rings. The molecule has 0 unspecified atom stereocenters. The van der Waals surface area contributed by atoms with Crippen molar-refractivity contribution in [2.45, 2.75) is 39.2 Å². The summed E-state index contributed by atoms with van der Waals surface area (Å²) in [6, 6.07) is 11.7. The van der Waals surface area contributed by atoms with Gasteiger partial charge in [-0.1, -0.05) is 40.3 Å². The van der Waals surface area contributed by atoms with Gasteiger partial charge in [0, 0.05) is 29.4 Å². The lowest BCUT2D eigenvalue weighted by atomic mass is 10.1. The van der Waals surface area contributed by atoms with Crippen LogP contribution >= 0.6 is 27.3 Å². The van der Waals surface area contributed by atoms with Crippen LogP contribution in [0, 0.1) is 0 Å². The summed E-state index contributed by atoms with van der Waals surface area (Å²) >= 11 is 4.89.